The summed E-state index contributed by atoms with van der Waals surface area (Å²) in [5, 5.41) is 18.4. The third-order valence-corrected chi connectivity index (χ3v) is 14.1. The van der Waals surface area contributed by atoms with E-state index in [-0.39, 0.29) is 38.9 Å². The number of nitrogens with zero attached hydrogens (tertiary/aromatic N) is 2. The van der Waals surface area contributed by atoms with E-state index in [4.69, 9.17) is 10.8 Å². The lowest BCUT2D eigenvalue weighted by atomic mass is 9.33. The van der Waals surface area contributed by atoms with Crippen LogP contribution in [-0.2, 0) is 16.6 Å². The molecule has 226 valence electrons. The first-order valence-corrected chi connectivity index (χ1v) is 16.3. The number of aromatic nitrogens is 3. The predicted octanol–water partition coefficient (Wildman–Crippen LogP) is 7.67. The van der Waals surface area contributed by atoms with Gasteiger partial charge >= 0.3 is 5.97 Å². The molecule has 2 heterocycles. The van der Waals surface area contributed by atoms with Crippen LogP contribution >= 0.6 is 0 Å². The molecule has 4 N–H and O–H groups in total. The van der Waals surface area contributed by atoms with Crippen molar-refractivity contribution < 1.29 is 9.90 Å². The maximum absolute atomic E-state index is 12.7. The highest BCUT2D eigenvalue weighted by Gasteiger charge is 2.68. The number of rotatable bonds is 2. The molecule has 8 atom stereocenters. The Morgan fingerprint density at radius 3 is 2.40 bits per heavy atom. The van der Waals surface area contributed by atoms with Gasteiger partial charge in [-0.25, -0.2) is 0 Å². The maximum atomic E-state index is 12.7. The number of nitrogen functional groups attached to an aromatic ring is 1. The molecule has 5 aliphatic rings. The molecule has 7 rings (SSSR count). The van der Waals surface area contributed by atoms with E-state index in [1.165, 1.54) is 35.2 Å². The van der Waals surface area contributed by atoms with Gasteiger partial charge in [-0.3, -0.25) is 14.9 Å². The quantitative estimate of drug-likeness (QED) is 0.344. The number of aromatic amines is 1. The van der Waals surface area contributed by atoms with Gasteiger partial charge in [0.05, 0.1) is 11.6 Å². The number of allylic oxidation sites excluding steroid dienone is 2. The average molecular weight is 571 g/mol. The van der Waals surface area contributed by atoms with Crippen LogP contribution in [0.2, 0.25) is 0 Å². The van der Waals surface area contributed by atoms with Gasteiger partial charge in [0.15, 0.2) is 0 Å². The van der Waals surface area contributed by atoms with Gasteiger partial charge in [-0.15, -0.1) is 0 Å². The highest BCUT2D eigenvalue weighted by atomic mass is 16.4. The number of H-pyrrole nitrogens is 1. The Bertz CT molecular complexity index is 1470. The van der Waals surface area contributed by atoms with Crippen molar-refractivity contribution >= 4 is 17.4 Å². The number of anilines is 1. The van der Waals surface area contributed by atoms with Crippen LogP contribution in [-0.4, -0.2) is 26.3 Å². The number of hydrogen-bond acceptors (Lipinski definition) is 4. The second-order valence-corrected chi connectivity index (χ2v) is 16.9. The summed E-state index contributed by atoms with van der Waals surface area (Å²) >= 11 is 0. The van der Waals surface area contributed by atoms with Crippen molar-refractivity contribution in [2.24, 2.45) is 51.2 Å². The molecule has 2 aromatic heterocycles. The molecule has 3 saturated carbocycles. The third-order valence-electron chi connectivity index (χ3n) is 14.1. The predicted molar refractivity (Wildman–Crippen MR) is 166 cm³/mol. The van der Waals surface area contributed by atoms with Gasteiger partial charge in [0, 0.05) is 23.4 Å². The highest BCUT2D eigenvalue weighted by Crippen LogP contribution is 2.76. The fourth-order valence-electron chi connectivity index (χ4n) is 12.2. The van der Waals surface area contributed by atoms with Crippen molar-refractivity contribution in [1.29, 1.82) is 0 Å². The molecule has 2 aromatic rings. The van der Waals surface area contributed by atoms with Gasteiger partial charge in [0.1, 0.15) is 5.82 Å². The molecule has 0 aliphatic heterocycles. The molecule has 0 saturated heterocycles. The summed E-state index contributed by atoms with van der Waals surface area (Å²) in [6, 6.07) is 4.41. The van der Waals surface area contributed by atoms with Crippen LogP contribution in [0, 0.1) is 51.2 Å². The minimum atomic E-state index is -0.599. The van der Waals surface area contributed by atoms with E-state index < -0.39 is 5.97 Å². The molecular weight excluding hydrogens is 520 g/mol. The fraction of sp³-hybridized carbons (Fsp3) is 0.694. The maximum Gasteiger partial charge on any atom is 0.306 e. The lowest BCUT2D eigenvalue weighted by Gasteiger charge is -2.70. The summed E-state index contributed by atoms with van der Waals surface area (Å²) in [6.45, 7) is 17.2. The summed E-state index contributed by atoms with van der Waals surface area (Å²) in [7, 11) is 0. The number of nitrogens with one attached hydrogen (secondary N) is 1. The van der Waals surface area contributed by atoms with Crippen LogP contribution in [0.4, 0.5) is 5.82 Å². The molecular formula is C36H50N4O2. The van der Waals surface area contributed by atoms with Crippen LogP contribution in [0.5, 0.6) is 0 Å². The van der Waals surface area contributed by atoms with E-state index in [0.29, 0.717) is 17.8 Å². The van der Waals surface area contributed by atoms with Gasteiger partial charge in [-0.05, 0) is 120 Å². The van der Waals surface area contributed by atoms with E-state index in [2.05, 4.69) is 70.7 Å². The first-order valence-electron chi connectivity index (χ1n) is 16.3. The zero-order valence-electron chi connectivity index (χ0n) is 26.7. The summed E-state index contributed by atoms with van der Waals surface area (Å²) in [5.41, 5.74) is 13.5. The molecule has 5 aliphatic carbocycles. The Balaban J connectivity index is 1.45. The smallest absolute Gasteiger partial charge is 0.306 e. The lowest BCUT2D eigenvalue weighted by Crippen LogP contribution is -2.64. The Morgan fingerprint density at radius 1 is 1.00 bits per heavy atom. The van der Waals surface area contributed by atoms with Crippen molar-refractivity contribution in [3.05, 3.63) is 46.9 Å². The largest absolute Gasteiger partial charge is 0.481 e. The third kappa shape index (κ3) is 3.53. The van der Waals surface area contributed by atoms with Crippen LogP contribution < -0.4 is 5.73 Å². The van der Waals surface area contributed by atoms with E-state index in [1.807, 2.05) is 12.4 Å². The summed E-state index contributed by atoms with van der Waals surface area (Å²) in [4.78, 5) is 17.1. The van der Waals surface area contributed by atoms with E-state index in [9.17, 15) is 9.90 Å². The van der Waals surface area contributed by atoms with Crippen molar-refractivity contribution in [3.8, 4) is 0 Å². The van der Waals surface area contributed by atoms with E-state index >= 15 is 0 Å². The van der Waals surface area contributed by atoms with Crippen molar-refractivity contribution in [3.63, 3.8) is 0 Å². The van der Waals surface area contributed by atoms with E-state index in [1.54, 1.807) is 5.57 Å². The standard InChI is InChI=1S/C36H50N4O2/c1-32(2)17-23-21(24(18-32)31(41)42)8-12-36(7)28(23)22(20-10-14-38-15-11-20)16-27-34(5)19-25-29(39-40-30(25)37)33(3,4)26(34)9-13-35(27,36)6/h10-11,14-15,21,23-24,26-27H,8-9,12-13,16-19H2,1-7H3,(H,41,42)(H3,37,39,40)/t21?,23?,24-,26?,27?,34?,35?,36?/m1/s1. The number of aliphatic carboxylic acids is 1. The molecule has 0 spiro atoms. The van der Waals surface area contributed by atoms with Gasteiger partial charge in [-0.1, -0.05) is 54.0 Å². The summed E-state index contributed by atoms with van der Waals surface area (Å²) in [5.74, 6) is 1.38. The molecule has 7 unspecified atom stereocenters. The van der Waals surface area contributed by atoms with Crippen molar-refractivity contribution in [2.75, 3.05) is 5.73 Å². The Kier molecular flexibility index (Phi) is 5.85. The minimum absolute atomic E-state index is 0.00280. The van der Waals surface area contributed by atoms with Gasteiger partial charge in [-0.2, -0.15) is 5.10 Å². The first kappa shape index (κ1) is 28.2. The molecule has 3 fully saturated rings. The average Bonchev–Trinajstić information content (AvgIpc) is 3.28. The second kappa shape index (κ2) is 8.72. The number of carboxylic acid groups (broad SMARTS) is 1. The minimum Gasteiger partial charge on any atom is -0.481 e. The number of nitrogens with two attached hydrogens (primary N) is 1. The zero-order chi connectivity index (χ0) is 30.0. The van der Waals surface area contributed by atoms with Gasteiger partial charge < -0.3 is 10.8 Å². The Morgan fingerprint density at radius 2 is 1.71 bits per heavy atom. The fourth-order valence-corrected chi connectivity index (χ4v) is 12.2. The second-order valence-electron chi connectivity index (χ2n) is 16.9. The van der Waals surface area contributed by atoms with Crippen LogP contribution in [0.25, 0.3) is 5.57 Å². The van der Waals surface area contributed by atoms with Crippen LogP contribution in [0.15, 0.2) is 30.1 Å². The zero-order valence-corrected chi connectivity index (χ0v) is 26.7. The van der Waals surface area contributed by atoms with Crippen molar-refractivity contribution in [2.45, 2.75) is 105 Å². The monoisotopic (exact) mass is 570 g/mol. The molecule has 0 aromatic carbocycles. The topological polar surface area (TPSA) is 105 Å². The molecule has 42 heavy (non-hydrogen) atoms. The van der Waals surface area contributed by atoms with Crippen LogP contribution in [0.1, 0.15) is 110 Å². The molecule has 6 heteroatoms. The molecule has 0 radical (unpaired) electrons. The van der Waals surface area contributed by atoms with E-state index in [0.717, 1.165) is 44.3 Å². The number of carboxylic acids is 1. The molecule has 0 amide bonds. The molecule has 6 nitrogen and oxygen atoms in total. The summed E-state index contributed by atoms with van der Waals surface area (Å²) < 4.78 is 0. The Labute approximate surface area is 251 Å². The van der Waals surface area contributed by atoms with Crippen molar-refractivity contribution in [1.82, 2.24) is 15.2 Å². The lowest BCUT2D eigenvalue weighted by molar-refractivity contribution is -0.161. The normalized spacial score (nSPS) is 41.5. The number of hydrogen-bond donors (Lipinski definition) is 3. The highest BCUT2D eigenvalue weighted by molar-refractivity contribution is 5.74. The van der Waals surface area contributed by atoms with Crippen LogP contribution in [0.3, 0.4) is 0 Å². The number of pyridine rings is 1. The van der Waals surface area contributed by atoms with Gasteiger partial charge in [0.25, 0.3) is 0 Å². The molecule has 0 bridgehead atoms. The Hall–Kier alpha value is -2.63. The first-order chi connectivity index (χ1) is 19.6. The van der Waals surface area contributed by atoms with Gasteiger partial charge in [0.2, 0.25) is 0 Å². The number of fused-ring (bicyclic) bond motifs is 8. The SMILES string of the molecule is CC1(C)CC2C3=C(c4ccncc4)CC4C5(C)Cc6c(n[nH]c6N)C(C)(C)C5CCC4(C)C3(C)CCC2[C@H](C(=O)O)C1. The summed E-state index contributed by atoms with van der Waals surface area (Å²) in [6.07, 6.45) is 12.2. The number of carbonyl (C=O) groups is 1.